The number of hydrogen-bond acceptors (Lipinski definition) is 4. The van der Waals surface area contributed by atoms with Gasteiger partial charge < -0.3 is 9.15 Å². The van der Waals surface area contributed by atoms with Crippen molar-refractivity contribution in [2.45, 2.75) is 31.1 Å². The van der Waals surface area contributed by atoms with Crippen molar-refractivity contribution in [1.82, 2.24) is 4.72 Å². The molecule has 0 amide bonds. The van der Waals surface area contributed by atoms with E-state index in [9.17, 15) is 8.42 Å². The van der Waals surface area contributed by atoms with E-state index in [1.807, 2.05) is 6.07 Å². The predicted molar refractivity (Wildman–Crippen MR) is 63.2 cm³/mol. The lowest BCUT2D eigenvalue weighted by Crippen LogP contribution is -2.39. The largest absolute Gasteiger partial charge is 0.469 e. The lowest BCUT2D eigenvalue weighted by atomic mass is 10.3. The molecule has 0 saturated carbocycles. The molecule has 0 aromatic carbocycles. The van der Waals surface area contributed by atoms with Crippen molar-refractivity contribution in [3.05, 3.63) is 24.2 Å². The number of hydrogen-bond donors (Lipinski definition) is 1. The predicted octanol–water partition coefficient (Wildman–Crippen LogP) is 0.919. The average Bonchev–Trinajstić information content (AvgIpc) is 2.88. The van der Waals surface area contributed by atoms with Gasteiger partial charge in [-0.15, -0.1) is 0 Å². The highest BCUT2D eigenvalue weighted by Gasteiger charge is 2.35. The summed E-state index contributed by atoms with van der Waals surface area (Å²) in [5.74, 6) is 0.781. The quantitative estimate of drug-likeness (QED) is 0.853. The Bertz CT molecular complexity index is 440. The zero-order valence-corrected chi connectivity index (χ0v) is 10.6. The Labute approximate surface area is 101 Å². The number of sulfonamides is 1. The van der Waals surface area contributed by atoms with Crippen LogP contribution >= 0.6 is 0 Å². The summed E-state index contributed by atoms with van der Waals surface area (Å²) in [6.07, 6.45) is 2.48. The van der Waals surface area contributed by atoms with Crippen LogP contribution < -0.4 is 4.72 Å². The molecule has 0 bridgehead atoms. The van der Waals surface area contributed by atoms with Crippen LogP contribution in [0.4, 0.5) is 0 Å². The summed E-state index contributed by atoms with van der Waals surface area (Å²) in [4.78, 5) is 0. The maximum atomic E-state index is 11.9. The monoisotopic (exact) mass is 259 g/mol. The van der Waals surface area contributed by atoms with E-state index in [0.29, 0.717) is 26.0 Å². The molecule has 1 aromatic heterocycles. The minimum Gasteiger partial charge on any atom is -0.469 e. The summed E-state index contributed by atoms with van der Waals surface area (Å²) in [7, 11) is -3.28. The number of furan rings is 1. The molecule has 0 spiro atoms. The number of ether oxygens (including phenoxy) is 1. The molecule has 96 valence electrons. The topological polar surface area (TPSA) is 68.5 Å². The van der Waals surface area contributed by atoms with E-state index in [4.69, 9.17) is 9.15 Å². The van der Waals surface area contributed by atoms with Crippen LogP contribution in [0.15, 0.2) is 22.8 Å². The lowest BCUT2D eigenvalue weighted by molar-refractivity contribution is 0.126. The van der Waals surface area contributed by atoms with Crippen molar-refractivity contribution in [3.8, 4) is 0 Å². The van der Waals surface area contributed by atoms with E-state index in [2.05, 4.69) is 4.72 Å². The van der Waals surface area contributed by atoms with Crippen LogP contribution in [0.3, 0.4) is 0 Å². The Morgan fingerprint density at radius 1 is 1.53 bits per heavy atom. The Kier molecular flexibility index (Phi) is 3.86. The third-order valence-electron chi connectivity index (χ3n) is 2.96. The molecule has 17 heavy (non-hydrogen) atoms. The summed E-state index contributed by atoms with van der Waals surface area (Å²) in [5.41, 5.74) is 0. The zero-order valence-electron chi connectivity index (χ0n) is 9.76. The van der Waals surface area contributed by atoms with E-state index in [1.54, 1.807) is 19.3 Å². The van der Waals surface area contributed by atoms with E-state index >= 15 is 0 Å². The molecule has 1 N–H and O–H groups in total. The van der Waals surface area contributed by atoms with Gasteiger partial charge in [-0.05, 0) is 25.5 Å². The van der Waals surface area contributed by atoms with Crippen molar-refractivity contribution in [2.24, 2.45) is 0 Å². The minimum absolute atomic E-state index is 0.226. The summed E-state index contributed by atoms with van der Waals surface area (Å²) < 4.78 is 36.9. The van der Waals surface area contributed by atoms with E-state index in [1.165, 1.54) is 0 Å². The summed E-state index contributed by atoms with van der Waals surface area (Å²) in [6, 6.07) is 3.62. The second kappa shape index (κ2) is 5.20. The molecule has 2 heterocycles. The van der Waals surface area contributed by atoms with Gasteiger partial charge in [0, 0.05) is 19.6 Å². The SMILES string of the molecule is C[C@@H]1OCC[C@H]1S(=O)(=O)NCCc1ccco1. The van der Waals surface area contributed by atoms with Crippen LogP contribution in [-0.2, 0) is 21.2 Å². The lowest BCUT2D eigenvalue weighted by Gasteiger charge is -2.15. The third kappa shape index (κ3) is 3.08. The normalized spacial score (nSPS) is 25.2. The maximum absolute atomic E-state index is 11.9. The molecular weight excluding hydrogens is 242 g/mol. The highest BCUT2D eigenvalue weighted by atomic mass is 32.2. The summed E-state index contributed by atoms with van der Waals surface area (Å²) in [5, 5.41) is -0.431. The molecule has 2 rings (SSSR count). The van der Waals surface area contributed by atoms with Crippen molar-refractivity contribution >= 4 is 10.0 Å². The van der Waals surface area contributed by atoms with Crippen LogP contribution in [0.2, 0.25) is 0 Å². The Hall–Kier alpha value is -0.850. The molecule has 1 fully saturated rings. The molecule has 2 atom stereocenters. The Morgan fingerprint density at radius 2 is 2.35 bits per heavy atom. The van der Waals surface area contributed by atoms with Crippen molar-refractivity contribution in [3.63, 3.8) is 0 Å². The Balaban J connectivity index is 1.85. The van der Waals surface area contributed by atoms with Gasteiger partial charge in [-0.3, -0.25) is 0 Å². The number of rotatable bonds is 5. The van der Waals surface area contributed by atoms with Gasteiger partial charge in [0.2, 0.25) is 10.0 Å². The first-order valence-electron chi connectivity index (χ1n) is 5.72. The van der Waals surface area contributed by atoms with Crippen LogP contribution in [0.5, 0.6) is 0 Å². The van der Waals surface area contributed by atoms with Gasteiger partial charge in [0.1, 0.15) is 11.0 Å². The fraction of sp³-hybridized carbons (Fsp3) is 0.636. The smallest absolute Gasteiger partial charge is 0.217 e. The van der Waals surface area contributed by atoms with Gasteiger partial charge in [0.25, 0.3) is 0 Å². The summed E-state index contributed by atoms with van der Waals surface area (Å²) >= 11 is 0. The van der Waals surface area contributed by atoms with Gasteiger partial charge in [-0.2, -0.15) is 0 Å². The molecule has 0 aliphatic carbocycles. The zero-order chi connectivity index (χ0) is 12.3. The highest BCUT2D eigenvalue weighted by Crippen LogP contribution is 2.19. The summed E-state index contributed by atoms with van der Waals surface area (Å²) in [6.45, 7) is 2.67. The molecule has 1 aliphatic heterocycles. The molecule has 0 unspecified atom stereocenters. The molecule has 6 heteroatoms. The third-order valence-corrected chi connectivity index (χ3v) is 4.98. The second-order valence-corrected chi connectivity index (χ2v) is 6.16. The van der Waals surface area contributed by atoms with E-state index in [-0.39, 0.29) is 6.10 Å². The Morgan fingerprint density at radius 3 is 2.94 bits per heavy atom. The molecule has 5 nitrogen and oxygen atoms in total. The molecular formula is C11H17NO4S. The van der Waals surface area contributed by atoms with Crippen LogP contribution in [0.1, 0.15) is 19.1 Å². The average molecular weight is 259 g/mol. The van der Waals surface area contributed by atoms with Gasteiger partial charge in [0.05, 0.1) is 12.4 Å². The maximum Gasteiger partial charge on any atom is 0.217 e. The van der Waals surface area contributed by atoms with Crippen LogP contribution in [0, 0.1) is 0 Å². The van der Waals surface area contributed by atoms with Gasteiger partial charge >= 0.3 is 0 Å². The highest BCUT2D eigenvalue weighted by molar-refractivity contribution is 7.90. The number of nitrogens with one attached hydrogen (secondary N) is 1. The van der Waals surface area contributed by atoms with E-state index < -0.39 is 15.3 Å². The van der Waals surface area contributed by atoms with Gasteiger partial charge in [-0.1, -0.05) is 0 Å². The fourth-order valence-corrected chi connectivity index (χ4v) is 3.59. The molecule has 0 radical (unpaired) electrons. The van der Waals surface area contributed by atoms with Crippen molar-refractivity contribution in [2.75, 3.05) is 13.2 Å². The van der Waals surface area contributed by atoms with Crippen molar-refractivity contribution < 1.29 is 17.6 Å². The molecule has 1 aliphatic rings. The second-order valence-electron chi connectivity index (χ2n) is 4.17. The molecule has 1 aromatic rings. The van der Waals surface area contributed by atoms with Crippen molar-refractivity contribution in [1.29, 1.82) is 0 Å². The van der Waals surface area contributed by atoms with Crippen LogP contribution in [-0.4, -0.2) is 32.9 Å². The minimum atomic E-state index is -3.28. The first-order chi connectivity index (χ1) is 8.09. The van der Waals surface area contributed by atoms with E-state index in [0.717, 1.165) is 5.76 Å². The van der Waals surface area contributed by atoms with Gasteiger partial charge in [-0.25, -0.2) is 13.1 Å². The van der Waals surface area contributed by atoms with Gasteiger partial charge in [0.15, 0.2) is 0 Å². The van der Waals surface area contributed by atoms with Crippen LogP contribution in [0.25, 0.3) is 0 Å². The standard InChI is InChI=1S/C11H17NO4S/c1-9-11(5-8-15-9)17(13,14)12-6-4-10-3-2-7-16-10/h2-3,7,9,11-12H,4-6,8H2,1H3/t9-,11+/m0/s1. The fourth-order valence-electron chi connectivity index (χ4n) is 2.00. The molecule has 1 saturated heterocycles. The first kappa shape index (κ1) is 12.6. The first-order valence-corrected chi connectivity index (χ1v) is 7.27.